The van der Waals surface area contributed by atoms with Crippen molar-refractivity contribution >= 4 is 15.9 Å². The van der Waals surface area contributed by atoms with Crippen molar-refractivity contribution < 1.29 is 0 Å². The topological polar surface area (TPSA) is 69.6 Å². The summed E-state index contributed by atoms with van der Waals surface area (Å²) in [5.74, 6) is 0.630. The van der Waals surface area contributed by atoms with Gasteiger partial charge in [-0.05, 0) is 22.4 Å². The number of nitrogens with two attached hydrogens (primary N) is 1. The molecule has 6 heteroatoms. The van der Waals surface area contributed by atoms with Crippen LogP contribution in [-0.2, 0) is 13.1 Å². The van der Waals surface area contributed by atoms with Crippen LogP contribution in [0.5, 0.6) is 0 Å². The Balaban J connectivity index is 1.82. The van der Waals surface area contributed by atoms with Crippen LogP contribution in [-0.4, -0.2) is 20.2 Å². The van der Waals surface area contributed by atoms with Gasteiger partial charge in [0, 0.05) is 16.6 Å². The average Bonchev–Trinajstić information content (AvgIpc) is 2.99. The first kappa shape index (κ1) is 13.9. The van der Waals surface area contributed by atoms with Gasteiger partial charge in [0.05, 0.1) is 6.54 Å². The molecule has 0 saturated carbocycles. The van der Waals surface area contributed by atoms with E-state index in [2.05, 4.69) is 31.3 Å². The summed E-state index contributed by atoms with van der Waals surface area (Å²) >= 11 is 3.55. The van der Waals surface area contributed by atoms with Crippen LogP contribution in [0, 0.1) is 0 Å². The summed E-state index contributed by atoms with van der Waals surface area (Å²) in [6, 6.07) is 15.9. The zero-order chi connectivity index (χ0) is 14.7. The lowest BCUT2D eigenvalue weighted by molar-refractivity contribution is 0.571. The van der Waals surface area contributed by atoms with E-state index in [-0.39, 0.29) is 0 Å². The van der Waals surface area contributed by atoms with Gasteiger partial charge in [-0.1, -0.05) is 58.4 Å². The smallest absolute Gasteiger partial charge is 0.204 e. The second kappa shape index (κ2) is 6.15. The SMILES string of the molecule is NCc1ccc(Cn2nnc(-c3ccccc3)n2)c(Br)c1. The number of nitrogens with zero attached hydrogens (tertiary/aromatic N) is 4. The zero-order valence-corrected chi connectivity index (χ0v) is 12.9. The Hall–Kier alpha value is -2.05. The van der Waals surface area contributed by atoms with Crippen LogP contribution in [0.3, 0.4) is 0 Å². The Kier molecular flexibility index (Phi) is 4.08. The molecule has 106 valence electrons. The standard InChI is InChI=1S/C15H14BrN5/c16-14-8-11(9-17)6-7-13(14)10-21-19-15(18-20-21)12-4-2-1-3-5-12/h1-8H,9-10,17H2. The molecule has 2 N–H and O–H groups in total. The predicted octanol–water partition coefficient (Wildman–Crippen LogP) is 2.61. The van der Waals surface area contributed by atoms with E-state index in [9.17, 15) is 0 Å². The molecule has 1 heterocycles. The monoisotopic (exact) mass is 343 g/mol. The fourth-order valence-corrected chi connectivity index (χ4v) is 2.56. The maximum atomic E-state index is 5.63. The molecule has 3 rings (SSSR count). The summed E-state index contributed by atoms with van der Waals surface area (Å²) in [5, 5.41) is 12.6. The van der Waals surface area contributed by atoms with Crippen molar-refractivity contribution in [3.8, 4) is 11.4 Å². The summed E-state index contributed by atoms with van der Waals surface area (Å²) < 4.78 is 1.00. The lowest BCUT2D eigenvalue weighted by atomic mass is 10.1. The molecular formula is C15H14BrN5. The number of hydrogen-bond donors (Lipinski definition) is 1. The fourth-order valence-electron chi connectivity index (χ4n) is 2.01. The third-order valence-corrected chi connectivity index (χ3v) is 3.89. The van der Waals surface area contributed by atoms with Gasteiger partial charge in [0.1, 0.15) is 0 Å². The summed E-state index contributed by atoms with van der Waals surface area (Å²) in [6.07, 6.45) is 0. The van der Waals surface area contributed by atoms with Crippen molar-refractivity contribution in [2.75, 3.05) is 0 Å². The van der Waals surface area contributed by atoms with Crippen LogP contribution in [0.1, 0.15) is 11.1 Å². The van der Waals surface area contributed by atoms with E-state index in [0.717, 1.165) is 21.2 Å². The first-order chi connectivity index (χ1) is 10.3. The van der Waals surface area contributed by atoms with E-state index in [1.165, 1.54) is 0 Å². The molecule has 3 aromatic rings. The van der Waals surface area contributed by atoms with Gasteiger partial charge < -0.3 is 5.73 Å². The Morgan fingerprint density at radius 3 is 2.62 bits per heavy atom. The average molecular weight is 344 g/mol. The van der Waals surface area contributed by atoms with E-state index in [1.54, 1.807) is 4.80 Å². The highest BCUT2D eigenvalue weighted by Gasteiger charge is 2.07. The van der Waals surface area contributed by atoms with Gasteiger partial charge in [0.15, 0.2) is 0 Å². The van der Waals surface area contributed by atoms with Crippen molar-refractivity contribution in [3.05, 3.63) is 64.1 Å². The van der Waals surface area contributed by atoms with Gasteiger partial charge in [-0.25, -0.2) is 0 Å². The Labute approximate surface area is 130 Å². The summed E-state index contributed by atoms with van der Waals surface area (Å²) in [4.78, 5) is 1.59. The second-order valence-electron chi connectivity index (χ2n) is 4.64. The van der Waals surface area contributed by atoms with E-state index in [1.807, 2.05) is 48.5 Å². The van der Waals surface area contributed by atoms with E-state index in [0.29, 0.717) is 18.9 Å². The minimum absolute atomic E-state index is 0.526. The quantitative estimate of drug-likeness (QED) is 0.790. The molecule has 0 radical (unpaired) electrons. The van der Waals surface area contributed by atoms with E-state index < -0.39 is 0 Å². The van der Waals surface area contributed by atoms with Crippen LogP contribution in [0.2, 0.25) is 0 Å². The predicted molar refractivity (Wildman–Crippen MR) is 84.4 cm³/mol. The number of halogens is 1. The lowest BCUT2D eigenvalue weighted by Crippen LogP contribution is -2.05. The van der Waals surface area contributed by atoms with Crippen LogP contribution in [0.15, 0.2) is 53.0 Å². The Morgan fingerprint density at radius 2 is 1.90 bits per heavy atom. The van der Waals surface area contributed by atoms with Crippen molar-refractivity contribution in [2.45, 2.75) is 13.1 Å². The summed E-state index contributed by atoms with van der Waals surface area (Å²) in [6.45, 7) is 1.09. The maximum absolute atomic E-state index is 5.63. The highest BCUT2D eigenvalue weighted by molar-refractivity contribution is 9.10. The van der Waals surface area contributed by atoms with Gasteiger partial charge in [0.25, 0.3) is 0 Å². The van der Waals surface area contributed by atoms with Crippen molar-refractivity contribution in [3.63, 3.8) is 0 Å². The molecular weight excluding hydrogens is 330 g/mol. The van der Waals surface area contributed by atoms with Crippen LogP contribution in [0.4, 0.5) is 0 Å². The Morgan fingerprint density at radius 1 is 1.10 bits per heavy atom. The van der Waals surface area contributed by atoms with E-state index in [4.69, 9.17) is 5.73 Å². The molecule has 5 nitrogen and oxygen atoms in total. The summed E-state index contributed by atoms with van der Waals surface area (Å²) in [7, 11) is 0. The zero-order valence-electron chi connectivity index (χ0n) is 11.3. The van der Waals surface area contributed by atoms with Gasteiger partial charge in [0.2, 0.25) is 5.82 Å². The molecule has 0 aliphatic heterocycles. The maximum Gasteiger partial charge on any atom is 0.204 e. The van der Waals surface area contributed by atoms with Crippen molar-refractivity contribution in [2.24, 2.45) is 5.73 Å². The lowest BCUT2D eigenvalue weighted by Gasteiger charge is -2.05. The normalized spacial score (nSPS) is 10.8. The molecule has 0 atom stereocenters. The molecule has 0 fully saturated rings. The van der Waals surface area contributed by atoms with Gasteiger partial charge in [-0.15, -0.1) is 10.2 Å². The number of aromatic nitrogens is 4. The van der Waals surface area contributed by atoms with Gasteiger partial charge in [-0.2, -0.15) is 4.80 Å². The minimum Gasteiger partial charge on any atom is -0.326 e. The minimum atomic E-state index is 0.526. The highest BCUT2D eigenvalue weighted by atomic mass is 79.9. The first-order valence-electron chi connectivity index (χ1n) is 6.57. The molecule has 0 saturated heterocycles. The first-order valence-corrected chi connectivity index (χ1v) is 7.36. The molecule has 0 aliphatic rings. The second-order valence-corrected chi connectivity index (χ2v) is 5.49. The van der Waals surface area contributed by atoms with Crippen molar-refractivity contribution in [1.82, 2.24) is 20.2 Å². The van der Waals surface area contributed by atoms with E-state index >= 15 is 0 Å². The number of rotatable bonds is 4. The van der Waals surface area contributed by atoms with Crippen LogP contribution >= 0.6 is 15.9 Å². The molecule has 0 unspecified atom stereocenters. The van der Waals surface area contributed by atoms with Gasteiger partial charge >= 0.3 is 0 Å². The van der Waals surface area contributed by atoms with Crippen LogP contribution in [0.25, 0.3) is 11.4 Å². The van der Waals surface area contributed by atoms with Crippen molar-refractivity contribution in [1.29, 1.82) is 0 Å². The molecule has 2 aromatic carbocycles. The molecule has 1 aromatic heterocycles. The molecule has 0 aliphatic carbocycles. The molecule has 21 heavy (non-hydrogen) atoms. The number of tetrazole rings is 1. The number of benzene rings is 2. The molecule has 0 bridgehead atoms. The summed E-state index contributed by atoms with van der Waals surface area (Å²) in [5.41, 5.74) is 8.76. The molecule has 0 amide bonds. The largest absolute Gasteiger partial charge is 0.326 e. The third kappa shape index (κ3) is 3.17. The van der Waals surface area contributed by atoms with Crippen LogP contribution < -0.4 is 5.73 Å². The Bertz CT molecular complexity index is 739. The van der Waals surface area contributed by atoms with Gasteiger partial charge in [-0.3, -0.25) is 0 Å². The molecule has 0 spiro atoms. The fraction of sp³-hybridized carbons (Fsp3) is 0.133. The highest BCUT2D eigenvalue weighted by Crippen LogP contribution is 2.19. The third-order valence-electron chi connectivity index (χ3n) is 3.15. The number of hydrogen-bond acceptors (Lipinski definition) is 4.